The van der Waals surface area contributed by atoms with E-state index in [4.69, 9.17) is 21.9 Å². The Morgan fingerprint density at radius 3 is 2.43 bits per heavy atom. The summed E-state index contributed by atoms with van der Waals surface area (Å²) < 4.78 is 61.7. The van der Waals surface area contributed by atoms with Gasteiger partial charge in [0.2, 0.25) is 5.91 Å². The number of halogens is 4. The number of ether oxygens (including phenoxy) is 1. The molecule has 1 atom stereocenters. The van der Waals surface area contributed by atoms with E-state index in [0.717, 1.165) is 23.1 Å². The highest BCUT2D eigenvalue weighted by atomic mass is 32.1. The Labute approximate surface area is 256 Å². The maximum absolute atomic E-state index is 14.4. The predicted octanol–water partition coefficient (Wildman–Crippen LogP) is 8.04. The molecular weight excluding hydrogens is 592 g/mol. The lowest BCUT2D eigenvalue weighted by Crippen LogP contribution is -2.36. The fourth-order valence-corrected chi connectivity index (χ4v) is 5.35. The first-order chi connectivity index (χ1) is 21.1. The number of alkyl halides is 3. The van der Waals surface area contributed by atoms with Crippen molar-refractivity contribution in [2.75, 3.05) is 6.61 Å². The summed E-state index contributed by atoms with van der Waals surface area (Å²) in [6.45, 7) is 4.32. The Kier molecular flexibility index (Phi) is 9.05. The van der Waals surface area contributed by atoms with E-state index in [9.17, 15) is 22.4 Å². The molecule has 0 saturated heterocycles. The molecule has 6 nitrogen and oxygen atoms in total. The van der Waals surface area contributed by atoms with Crippen LogP contribution in [0.5, 0.6) is 5.75 Å². The van der Waals surface area contributed by atoms with Crippen LogP contribution in [0.25, 0.3) is 16.6 Å². The molecule has 5 aromatic rings. The topological polar surface area (TPSA) is 60.2 Å². The first-order valence-electron chi connectivity index (χ1n) is 13.9. The number of fused-ring (bicyclic) bond motifs is 1. The van der Waals surface area contributed by atoms with Gasteiger partial charge in [0.15, 0.2) is 0 Å². The van der Waals surface area contributed by atoms with Crippen molar-refractivity contribution in [2.45, 2.75) is 39.0 Å². The average molecular weight is 621 g/mol. The molecule has 0 aliphatic rings. The van der Waals surface area contributed by atoms with Gasteiger partial charge in [0, 0.05) is 30.0 Å². The van der Waals surface area contributed by atoms with Crippen molar-refractivity contribution >= 4 is 29.0 Å². The molecule has 3 aromatic carbocycles. The van der Waals surface area contributed by atoms with Gasteiger partial charge in [-0.3, -0.25) is 14.3 Å². The van der Waals surface area contributed by atoms with Crippen molar-refractivity contribution in [1.82, 2.24) is 19.4 Å². The maximum atomic E-state index is 14.4. The molecule has 0 radical (unpaired) electrons. The summed E-state index contributed by atoms with van der Waals surface area (Å²) in [7, 11) is 0. The third kappa shape index (κ3) is 6.62. The maximum Gasteiger partial charge on any atom is 0.419 e. The van der Waals surface area contributed by atoms with Gasteiger partial charge in [0.05, 0.1) is 30.1 Å². The summed E-state index contributed by atoms with van der Waals surface area (Å²) >= 11 is 5.95. The van der Waals surface area contributed by atoms with E-state index in [1.807, 2.05) is 61.5 Å². The van der Waals surface area contributed by atoms with E-state index < -0.39 is 29.5 Å². The van der Waals surface area contributed by atoms with E-state index >= 15 is 0 Å². The lowest BCUT2D eigenvalue weighted by Gasteiger charge is -2.31. The van der Waals surface area contributed by atoms with Gasteiger partial charge in [0.1, 0.15) is 22.0 Å². The summed E-state index contributed by atoms with van der Waals surface area (Å²) in [5.74, 6) is -0.730. The van der Waals surface area contributed by atoms with Gasteiger partial charge in [-0.25, -0.2) is 9.37 Å². The summed E-state index contributed by atoms with van der Waals surface area (Å²) in [6.07, 6.45) is -1.95. The van der Waals surface area contributed by atoms with Crippen LogP contribution in [0.4, 0.5) is 17.6 Å². The first-order valence-corrected chi connectivity index (χ1v) is 14.3. The van der Waals surface area contributed by atoms with E-state index in [1.54, 1.807) is 34.9 Å². The molecule has 0 spiro atoms. The van der Waals surface area contributed by atoms with Crippen molar-refractivity contribution in [1.29, 1.82) is 0 Å². The summed E-state index contributed by atoms with van der Waals surface area (Å²) in [5.41, 5.74) is 0.790. The van der Waals surface area contributed by atoms with Crippen LogP contribution in [-0.2, 0) is 23.9 Å². The average Bonchev–Trinajstić information content (AvgIpc) is 3.00. The molecule has 0 N–H and O–H groups in total. The van der Waals surface area contributed by atoms with Crippen molar-refractivity contribution in [3.63, 3.8) is 0 Å². The highest BCUT2D eigenvalue weighted by Gasteiger charge is 2.34. The molecule has 1 amide bonds. The number of rotatable bonds is 9. The van der Waals surface area contributed by atoms with Gasteiger partial charge >= 0.3 is 6.18 Å². The van der Waals surface area contributed by atoms with Crippen LogP contribution >= 0.6 is 12.2 Å². The Bertz CT molecular complexity index is 1840. The van der Waals surface area contributed by atoms with Crippen molar-refractivity contribution in [2.24, 2.45) is 0 Å². The molecular formula is C33H28F4N4O2S. The van der Waals surface area contributed by atoms with Crippen molar-refractivity contribution in [3.05, 3.63) is 124 Å². The lowest BCUT2D eigenvalue weighted by atomic mass is 10.1. The largest absolute Gasteiger partial charge is 0.494 e. The second-order valence-corrected chi connectivity index (χ2v) is 10.5. The van der Waals surface area contributed by atoms with E-state index in [-0.39, 0.29) is 18.5 Å². The number of carbonyl (C=O) groups is 1. The Hall–Kier alpha value is -4.64. The molecule has 0 aliphatic carbocycles. The van der Waals surface area contributed by atoms with Crippen LogP contribution < -0.4 is 4.74 Å². The second kappa shape index (κ2) is 12.9. The molecule has 11 heteroatoms. The highest BCUT2D eigenvalue weighted by Crippen LogP contribution is 2.33. The smallest absolute Gasteiger partial charge is 0.419 e. The number of amides is 1. The van der Waals surface area contributed by atoms with E-state index in [2.05, 4.69) is 4.98 Å². The third-order valence-electron chi connectivity index (χ3n) is 7.14. The number of carbonyl (C=O) groups excluding carboxylic acids is 1. The quantitative estimate of drug-likeness (QED) is 0.123. The molecule has 2 aromatic heterocycles. The Morgan fingerprint density at radius 2 is 1.77 bits per heavy atom. The fraction of sp³-hybridized carbons (Fsp3) is 0.212. The summed E-state index contributed by atoms with van der Waals surface area (Å²) in [5, 5.41) is 0.748. The number of benzene rings is 3. The number of pyridine rings is 1. The highest BCUT2D eigenvalue weighted by molar-refractivity contribution is 7.71. The molecule has 226 valence electrons. The van der Waals surface area contributed by atoms with Gasteiger partial charge in [-0.15, -0.1) is 0 Å². The molecule has 0 aliphatic heterocycles. The second-order valence-electron chi connectivity index (χ2n) is 10.1. The van der Waals surface area contributed by atoms with Crippen LogP contribution in [0, 0.1) is 10.5 Å². The van der Waals surface area contributed by atoms with E-state index in [0.29, 0.717) is 40.1 Å². The molecule has 0 unspecified atom stereocenters. The zero-order valence-corrected chi connectivity index (χ0v) is 24.7. The van der Waals surface area contributed by atoms with Crippen LogP contribution in [0.3, 0.4) is 0 Å². The summed E-state index contributed by atoms with van der Waals surface area (Å²) in [6, 6.07) is 20.2. The lowest BCUT2D eigenvalue weighted by molar-refractivity contribution is -0.140. The third-order valence-corrected chi connectivity index (χ3v) is 7.54. The molecule has 0 bridgehead atoms. The van der Waals surface area contributed by atoms with Crippen LogP contribution in [0.1, 0.15) is 42.4 Å². The minimum Gasteiger partial charge on any atom is -0.494 e. The number of nitrogens with zero attached hydrogens (tertiary/aromatic N) is 4. The van der Waals surface area contributed by atoms with Crippen LogP contribution in [0.2, 0.25) is 0 Å². The number of hydrogen-bond donors (Lipinski definition) is 0. The number of hydrogen-bond acceptors (Lipinski definition) is 5. The minimum atomic E-state index is -4.84. The Balaban J connectivity index is 1.60. The van der Waals surface area contributed by atoms with Crippen molar-refractivity contribution in [3.8, 4) is 11.4 Å². The molecule has 44 heavy (non-hydrogen) atoms. The molecule has 2 heterocycles. The normalized spacial score (nSPS) is 12.2. The van der Waals surface area contributed by atoms with Gasteiger partial charge < -0.3 is 9.64 Å². The molecule has 0 fully saturated rings. The Morgan fingerprint density at radius 1 is 1.02 bits per heavy atom. The monoisotopic (exact) mass is 620 g/mol. The number of para-hydroxylation sites is 1. The van der Waals surface area contributed by atoms with Crippen LogP contribution in [-0.4, -0.2) is 31.9 Å². The zero-order valence-electron chi connectivity index (χ0n) is 23.9. The van der Waals surface area contributed by atoms with Crippen molar-refractivity contribution < 1.29 is 27.1 Å². The molecule has 5 rings (SSSR count). The minimum absolute atomic E-state index is 0.110. The van der Waals surface area contributed by atoms with Gasteiger partial charge in [-0.1, -0.05) is 36.5 Å². The van der Waals surface area contributed by atoms with Gasteiger partial charge in [-0.05, 0) is 79.6 Å². The standard InChI is InChI=1S/C33H28F4N4O2S/c1-3-43-25-13-11-24(12-14-25)41-31(39-29-9-5-4-8-26(29)32(41)44)21(2)40(20-23-7-6-16-38-19-23)30(42)18-22-10-15-27(28(34)17-22)33(35,36)37/h4-17,19,21H,3,18,20H2,1-2H3/t21-/m1/s1. The van der Waals surface area contributed by atoms with Crippen LogP contribution in [0.15, 0.2) is 91.3 Å². The first kappa shape index (κ1) is 30.8. The SMILES string of the molecule is CCOc1ccc(-n2c([C@@H](C)N(Cc3cccnc3)C(=O)Cc3ccc(C(F)(F)F)c(F)c3)nc3ccccc3c2=S)cc1. The zero-order chi connectivity index (χ0) is 31.4. The summed E-state index contributed by atoms with van der Waals surface area (Å²) in [4.78, 5) is 24.6. The number of aromatic nitrogens is 3. The fourth-order valence-electron chi connectivity index (χ4n) is 4.98. The van der Waals surface area contributed by atoms with Gasteiger partial charge in [0.25, 0.3) is 0 Å². The van der Waals surface area contributed by atoms with Gasteiger partial charge in [-0.2, -0.15) is 13.2 Å². The predicted molar refractivity (Wildman–Crippen MR) is 161 cm³/mol. The van der Waals surface area contributed by atoms with E-state index in [1.165, 1.54) is 0 Å². The molecule has 0 saturated carbocycles.